The van der Waals surface area contributed by atoms with Gasteiger partial charge in [0, 0.05) is 103 Å². The van der Waals surface area contributed by atoms with Crippen LogP contribution in [0.25, 0.3) is 33.4 Å². The number of hydrogen-bond donors (Lipinski definition) is 6. The number of carboxylic acid groups (broad SMARTS) is 1. The van der Waals surface area contributed by atoms with Crippen molar-refractivity contribution >= 4 is 63.7 Å². The minimum atomic E-state index is -1.12. The SMILES string of the molecule is C=C1N[C@H]2[C@H](CS[C@H]2CCCCNC(=O)CCOCCOCCNC(=O)C2C[N+](=c3ccc4c(-c5cc(C(=O)NCCOCCOCCCCCCCl)ccc5C(=O)O)c5ccc(N6CCC6)cc5oc-4c3)C2)N1. The van der Waals surface area contributed by atoms with E-state index in [1.807, 2.05) is 48.2 Å². The number of ether oxygens (including phenoxy) is 4. The van der Waals surface area contributed by atoms with Gasteiger partial charge in [-0.2, -0.15) is 11.8 Å². The van der Waals surface area contributed by atoms with Crippen LogP contribution in [0.1, 0.15) is 78.5 Å². The van der Waals surface area contributed by atoms with Gasteiger partial charge in [0.1, 0.15) is 11.3 Å². The molecule has 0 spiro atoms. The zero-order valence-electron chi connectivity index (χ0n) is 42.4. The molecule has 6 N–H and O–H groups in total. The molecule has 0 saturated carbocycles. The number of carboxylic acids is 1. The second-order valence-corrected chi connectivity index (χ2v) is 21.0. The molecule has 4 saturated heterocycles. The minimum absolute atomic E-state index is 0.0145. The Labute approximate surface area is 442 Å². The van der Waals surface area contributed by atoms with Gasteiger partial charge in [0.25, 0.3) is 5.91 Å². The van der Waals surface area contributed by atoms with Gasteiger partial charge in [-0.25, -0.2) is 9.37 Å². The molecule has 0 aromatic heterocycles. The second kappa shape index (κ2) is 28.0. The van der Waals surface area contributed by atoms with Crippen molar-refractivity contribution in [1.29, 1.82) is 0 Å². The fourth-order valence-electron chi connectivity index (χ4n) is 9.79. The van der Waals surface area contributed by atoms with Crippen molar-refractivity contribution < 1.29 is 47.6 Å². The van der Waals surface area contributed by atoms with Crippen molar-refractivity contribution in [3.63, 3.8) is 0 Å². The van der Waals surface area contributed by atoms with Crippen LogP contribution >= 0.6 is 23.4 Å². The number of aromatic carboxylic acids is 1. The van der Waals surface area contributed by atoms with Gasteiger partial charge in [-0.15, -0.1) is 11.6 Å². The Morgan fingerprint density at radius 1 is 0.784 bits per heavy atom. The third-order valence-electron chi connectivity index (χ3n) is 14.0. The topological polar surface area (TPSA) is 205 Å². The molecule has 2 aromatic rings. The van der Waals surface area contributed by atoms with Crippen molar-refractivity contribution in [2.45, 2.75) is 75.1 Å². The van der Waals surface area contributed by atoms with Gasteiger partial charge in [-0.1, -0.05) is 25.8 Å². The second-order valence-electron chi connectivity index (χ2n) is 19.3. The number of unbranched alkanes of at least 4 members (excludes halogenated alkanes) is 4. The Balaban J connectivity index is 0.795. The summed E-state index contributed by atoms with van der Waals surface area (Å²) in [6, 6.07) is 17.4. The third kappa shape index (κ3) is 14.9. The van der Waals surface area contributed by atoms with Crippen molar-refractivity contribution in [2.24, 2.45) is 5.92 Å². The summed E-state index contributed by atoms with van der Waals surface area (Å²) >= 11 is 7.75. The Morgan fingerprint density at radius 3 is 2.30 bits per heavy atom. The Kier molecular flexibility index (Phi) is 20.7. The van der Waals surface area contributed by atoms with E-state index in [4.69, 9.17) is 35.0 Å². The van der Waals surface area contributed by atoms with Crippen LogP contribution in [-0.2, 0) is 28.5 Å². The lowest BCUT2D eigenvalue weighted by Gasteiger charge is -2.33. The summed E-state index contributed by atoms with van der Waals surface area (Å²) < 4.78 is 31.3. The zero-order chi connectivity index (χ0) is 51.7. The van der Waals surface area contributed by atoms with Crippen LogP contribution in [-0.4, -0.2) is 156 Å². The smallest absolute Gasteiger partial charge is 0.336 e. The summed E-state index contributed by atoms with van der Waals surface area (Å²) in [5, 5.41) is 28.4. The minimum Gasteiger partial charge on any atom is -0.478 e. The number of alkyl halides is 1. The standard InChI is InChI=1S/C55H72ClN7O10S/c1-37-60-46-36-74-49(52(46)61-37)9-4-6-18-57-50(64)16-24-70-28-30-72-26-20-59-54(66)39-34-63(35-39)41-12-15-44-48(33-41)73-47-32-40(62-21-8-22-62)11-14-43(47)51(44)45-31-38(10-13-42(45)55(67)68)53(65)58-19-25-71-29-27-69-23-7-3-2-5-17-56/h10-15,31-33,39,46,49,52,60-61H,1-9,16-30,34-36H2,(H3-,57,58,59,64,65,66,67,68)/p+1/t46-,49-,52-/m0/s1. The molecule has 0 unspecified atom stereocenters. The van der Waals surface area contributed by atoms with Crippen LogP contribution in [0.5, 0.6) is 0 Å². The van der Waals surface area contributed by atoms with E-state index in [0.717, 1.165) is 92.5 Å². The van der Waals surface area contributed by atoms with E-state index in [-0.39, 0.29) is 35.7 Å². The van der Waals surface area contributed by atoms with Crippen LogP contribution in [0.15, 0.2) is 71.4 Å². The Hall–Kier alpha value is -5.37. The molecule has 3 atom stereocenters. The largest absolute Gasteiger partial charge is 0.478 e. The maximum Gasteiger partial charge on any atom is 0.336 e. The number of benzene rings is 3. The fourth-order valence-corrected chi connectivity index (χ4v) is 11.5. The highest BCUT2D eigenvalue weighted by atomic mass is 35.5. The number of fused-ring (bicyclic) bond motifs is 3. The third-order valence-corrected chi connectivity index (χ3v) is 15.8. The van der Waals surface area contributed by atoms with Crippen molar-refractivity contribution in [2.75, 3.05) is 115 Å². The van der Waals surface area contributed by atoms with Gasteiger partial charge >= 0.3 is 5.97 Å². The summed E-state index contributed by atoms with van der Waals surface area (Å²) in [6.07, 6.45) is 8.74. The summed E-state index contributed by atoms with van der Waals surface area (Å²) in [6.45, 7) is 11.5. The van der Waals surface area contributed by atoms with Gasteiger partial charge in [-0.05, 0) is 74.1 Å². The molecular weight excluding hydrogens is 986 g/mol. The van der Waals surface area contributed by atoms with Crippen LogP contribution in [0.4, 0.5) is 5.69 Å². The molecular formula is C55H73ClN7O10S+. The lowest BCUT2D eigenvalue weighted by molar-refractivity contribution is -0.127. The average molecular weight is 1060 g/mol. The van der Waals surface area contributed by atoms with E-state index in [2.05, 4.69) is 42.6 Å². The number of nitrogens with zero attached hydrogens (tertiary/aromatic N) is 2. The number of anilines is 1. The van der Waals surface area contributed by atoms with Crippen LogP contribution in [0.3, 0.4) is 0 Å². The molecule has 5 heterocycles. The maximum atomic E-state index is 13.5. The summed E-state index contributed by atoms with van der Waals surface area (Å²) in [5.41, 5.74) is 3.71. The average Bonchev–Trinajstić information content (AvgIpc) is 3.92. The van der Waals surface area contributed by atoms with E-state index < -0.39 is 5.97 Å². The molecule has 2 aromatic carbocycles. The lowest BCUT2D eigenvalue weighted by atomic mass is 9.89. The summed E-state index contributed by atoms with van der Waals surface area (Å²) in [7, 11) is 0. The number of carbonyl (C=O) groups is 4. The number of nitrogens with one attached hydrogen (secondary N) is 5. The molecule has 6 aliphatic rings. The van der Waals surface area contributed by atoms with Crippen molar-refractivity contribution in [1.82, 2.24) is 31.2 Å². The van der Waals surface area contributed by atoms with E-state index >= 15 is 0 Å². The van der Waals surface area contributed by atoms with Crippen molar-refractivity contribution in [3.8, 4) is 22.5 Å². The molecule has 19 heteroatoms. The van der Waals surface area contributed by atoms with Crippen molar-refractivity contribution in [3.05, 3.63) is 83.5 Å². The van der Waals surface area contributed by atoms with E-state index in [1.54, 1.807) is 6.07 Å². The molecule has 1 aliphatic carbocycles. The number of carbonyl (C=O) groups excluding carboxylic acids is 3. The van der Waals surface area contributed by atoms with Gasteiger partial charge in [0.05, 0.1) is 75.8 Å². The molecule has 0 bridgehead atoms. The van der Waals surface area contributed by atoms with Gasteiger partial charge in [0.2, 0.25) is 17.2 Å². The van der Waals surface area contributed by atoms with Crippen LogP contribution < -0.4 is 41.4 Å². The summed E-state index contributed by atoms with van der Waals surface area (Å²) in [4.78, 5) is 54.0. The maximum absolute atomic E-state index is 13.5. The summed E-state index contributed by atoms with van der Waals surface area (Å²) in [5.74, 6) is 1.54. The first kappa shape index (κ1) is 54.9. The zero-order valence-corrected chi connectivity index (χ0v) is 44.0. The number of hydrogen-bond acceptors (Lipinski definition) is 13. The Morgan fingerprint density at radius 2 is 1.54 bits per heavy atom. The first-order chi connectivity index (χ1) is 36.2. The lowest BCUT2D eigenvalue weighted by Crippen LogP contribution is -2.55. The molecule has 8 rings (SSSR count). The monoisotopic (exact) mass is 1060 g/mol. The van der Waals surface area contributed by atoms with E-state index in [1.165, 1.54) is 12.1 Å². The van der Waals surface area contributed by atoms with Gasteiger partial charge < -0.3 is 60.0 Å². The normalized spacial score (nSPS) is 18.9. The van der Waals surface area contributed by atoms with Gasteiger partial charge in [0.15, 0.2) is 19.0 Å². The highest BCUT2D eigenvalue weighted by molar-refractivity contribution is 8.00. The Bertz CT molecular complexity index is 2600. The first-order valence-corrected chi connectivity index (χ1v) is 28.0. The van der Waals surface area contributed by atoms with Crippen LogP contribution in [0, 0.1) is 5.92 Å². The first-order valence-electron chi connectivity index (χ1n) is 26.4. The highest BCUT2D eigenvalue weighted by Gasteiger charge is 2.41. The highest BCUT2D eigenvalue weighted by Crippen LogP contribution is 2.43. The number of thioether (sulfide) groups is 1. The number of rotatable bonds is 31. The molecule has 5 aliphatic heterocycles. The molecule has 4 fully saturated rings. The number of halogens is 1. The predicted octanol–water partition coefficient (Wildman–Crippen LogP) is 5.42. The number of amides is 3. The van der Waals surface area contributed by atoms with Crippen LogP contribution in [0.2, 0.25) is 0 Å². The quantitative estimate of drug-likeness (QED) is 0.0161. The van der Waals surface area contributed by atoms with E-state index in [0.29, 0.717) is 142 Å². The molecule has 400 valence electrons. The van der Waals surface area contributed by atoms with E-state index in [9.17, 15) is 24.3 Å². The predicted molar refractivity (Wildman–Crippen MR) is 289 cm³/mol. The van der Waals surface area contributed by atoms with Gasteiger partial charge in [-0.3, -0.25) is 14.4 Å². The molecule has 0 radical (unpaired) electrons. The molecule has 17 nitrogen and oxygen atoms in total. The molecule has 74 heavy (non-hydrogen) atoms. The fraction of sp³-hybridized carbons (Fsp3) is 0.545. The molecule has 3 amide bonds.